The number of hydrogen-bond donors (Lipinski definition) is 0. The molecule has 0 saturated carbocycles. The monoisotopic (exact) mass is 444 g/mol. The Morgan fingerprint density at radius 3 is 2.47 bits per heavy atom. The largest absolute Gasteiger partial charge is 0.416 e. The first-order valence-electron chi connectivity index (χ1n) is 10.7. The molecule has 0 bridgehead atoms. The van der Waals surface area contributed by atoms with Crippen molar-refractivity contribution in [1.82, 2.24) is 24.6 Å². The molecule has 1 aromatic carbocycles. The SMILES string of the molecule is CN(C)c1ncc(-c2ccc(C(F)(F)F)cc2)c(C2CCCCN2Cc2cnn(C)c2)n1. The molecule has 1 atom stereocenters. The minimum atomic E-state index is -4.36. The predicted octanol–water partition coefficient (Wildman–Crippen LogP) is 4.69. The molecule has 1 saturated heterocycles. The molecule has 0 N–H and O–H groups in total. The lowest BCUT2D eigenvalue weighted by Crippen LogP contribution is -2.34. The van der Waals surface area contributed by atoms with Crippen molar-refractivity contribution in [2.24, 2.45) is 7.05 Å². The molecule has 170 valence electrons. The second-order valence-corrected chi connectivity index (χ2v) is 8.44. The number of nitrogens with zero attached hydrogens (tertiary/aromatic N) is 6. The number of hydrogen-bond acceptors (Lipinski definition) is 5. The summed E-state index contributed by atoms with van der Waals surface area (Å²) in [7, 11) is 5.66. The Bertz CT molecular complexity index is 1060. The number of benzene rings is 1. The molecular formula is C23H27F3N6. The number of alkyl halides is 3. The zero-order chi connectivity index (χ0) is 22.9. The lowest BCUT2D eigenvalue weighted by molar-refractivity contribution is -0.137. The molecule has 6 nitrogen and oxygen atoms in total. The summed E-state index contributed by atoms with van der Waals surface area (Å²) in [6.45, 7) is 1.67. The fourth-order valence-electron chi connectivity index (χ4n) is 4.19. The molecule has 3 aromatic rings. The topological polar surface area (TPSA) is 50.1 Å². The smallest absolute Gasteiger partial charge is 0.347 e. The molecule has 32 heavy (non-hydrogen) atoms. The van der Waals surface area contributed by atoms with Gasteiger partial charge in [-0.15, -0.1) is 0 Å². The van der Waals surface area contributed by atoms with Crippen molar-refractivity contribution in [3.63, 3.8) is 0 Å². The molecule has 1 aliphatic heterocycles. The van der Waals surface area contributed by atoms with Crippen LogP contribution in [0.4, 0.5) is 19.1 Å². The Labute approximate surface area is 185 Å². The molecule has 1 unspecified atom stereocenters. The zero-order valence-corrected chi connectivity index (χ0v) is 18.5. The number of anilines is 1. The number of likely N-dealkylation sites (tertiary alicyclic amines) is 1. The summed E-state index contributed by atoms with van der Waals surface area (Å²) < 4.78 is 40.9. The predicted molar refractivity (Wildman–Crippen MR) is 117 cm³/mol. The van der Waals surface area contributed by atoms with E-state index in [1.54, 1.807) is 10.9 Å². The fourth-order valence-corrected chi connectivity index (χ4v) is 4.19. The molecule has 4 rings (SSSR count). The minimum absolute atomic E-state index is 0.0444. The summed E-state index contributed by atoms with van der Waals surface area (Å²) in [4.78, 5) is 13.6. The number of aromatic nitrogens is 4. The lowest BCUT2D eigenvalue weighted by Gasteiger charge is -2.36. The summed E-state index contributed by atoms with van der Waals surface area (Å²) in [5.74, 6) is 0.586. The average Bonchev–Trinajstić information content (AvgIpc) is 3.18. The molecule has 0 amide bonds. The van der Waals surface area contributed by atoms with Crippen molar-refractivity contribution in [2.45, 2.75) is 38.0 Å². The van der Waals surface area contributed by atoms with Crippen molar-refractivity contribution in [2.75, 3.05) is 25.5 Å². The summed E-state index contributed by atoms with van der Waals surface area (Å²) >= 11 is 0. The van der Waals surface area contributed by atoms with Gasteiger partial charge in [-0.3, -0.25) is 9.58 Å². The zero-order valence-electron chi connectivity index (χ0n) is 18.5. The van der Waals surface area contributed by atoms with Gasteiger partial charge in [0.2, 0.25) is 5.95 Å². The quantitative estimate of drug-likeness (QED) is 0.572. The van der Waals surface area contributed by atoms with Gasteiger partial charge in [0, 0.05) is 51.2 Å². The highest BCUT2D eigenvalue weighted by Crippen LogP contribution is 2.38. The standard InChI is InChI=1S/C23H27F3N6/c1-30(2)22-27-13-19(17-7-9-18(10-8-17)23(24,25)26)21(29-22)20-6-4-5-11-32(20)15-16-12-28-31(3)14-16/h7-10,12-14,20H,4-6,11,15H2,1-3H3. The summed E-state index contributed by atoms with van der Waals surface area (Å²) in [6.07, 6.45) is 4.34. The van der Waals surface area contributed by atoms with E-state index >= 15 is 0 Å². The van der Waals surface area contributed by atoms with Gasteiger partial charge in [-0.1, -0.05) is 18.6 Å². The van der Waals surface area contributed by atoms with Gasteiger partial charge in [0.05, 0.1) is 23.5 Å². The van der Waals surface area contributed by atoms with Crippen molar-refractivity contribution in [3.05, 3.63) is 59.7 Å². The van der Waals surface area contributed by atoms with Crippen LogP contribution in [0.25, 0.3) is 11.1 Å². The van der Waals surface area contributed by atoms with E-state index in [-0.39, 0.29) is 6.04 Å². The van der Waals surface area contributed by atoms with Gasteiger partial charge in [-0.25, -0.2) is 9.97 Å². The van der Waals surface area contributed by atoms with Crippen LogP contribution in [-0.2, 0) is 19.8 Å². The van der Waals surface area contributed by atoms with Crippen LogP contribution in [0, 0.1) is 0 Å². The maximum atomic E-state index is 13.1. The molecular weight excluding hydrogens is 417 g/mol. The third-order valence-electron chi connectivity index (χ3n) is 5.80. The maximum Gasteiger partial charge on any atom is 0.416 e. The van der Waals surface area contributed by atoms with E-state index < -0.39 is 11.7 Å². The van der Waals surface area contributed by atoms with Gasteiger partial charge in [0.25, 0.3) is 0 Å². The number of rotatable bonds is 5. The van der Waals surface area contributed by atoms with E-state index in [4.69, 9.17) is 4.98 Å². The molecule has 2 aromatic heterocycles. The van der Waals surface area contributed by atoms with Crippen molar-refractivity contribution < 1.29 is 13.2 Å². The molecule has 3 heterocycles. The van der Waals surface area contributed by atoms with Crippen molar-refractivity contribution in [3.8, 4) is 11.1 Å². The van der Waals surface area contributed by atoms with Gasteiger partial charge >= 0.3 is 6.18 Å². The first-order chi connectivity index (χ1) is 15.2. The third kappa shape index (κ3) is 4.77. The van der Waals surface area contributed by atoms with E-state index in [2.05, 4.69) is 15.0 Å². The Hall–Kier alpha value is -2.94. The molecule has 1 aliphatic rings. The summed E-state index contributed by atoms with van der Waals surface area (Å²) in [5, 5.41) is 4.28. The molecule has 0 spiro atoms. The first kappa shape index (κ1) is 22.3. The Morgan fingerprint density at radius 2 is 1.84 bits per heavy atom. The lowest BCUT2D eigenvalue weighted by atomic mass is 9.93. The van der Waals surface area contributed by atoms with Crippen LogP contribution in [0.1, 0.15) is 42.1 Å². The van der Waals surface area contributed by atoms with Crippen LogP contribution in [-0.4, -0.2) is 45.3 Å². The van der Waals surface area contributed by atoms with Crippen molar-refractivity contribution >= 4 is 5.95 Å². The normalized spacial score (nSPS) is 17.5. The summed E-state index contributed by atoms with van der Waals surface area (Å²) in [6, 6.07) is 5.30. The van der Waals surface area contributed by atoms with E-state index in [1.807, 2.05) is 38.4 Å². The van der Waals surface area contributed by atoms with Gasteiger partial charge in [-0.05, 0) is 37.1 Å². The Kier molecular flexibility index (Phi) is 6.19. The second-order valence-electron chi connectivity index (χ2n) is 8.44. The third-order valence-corrected chi connectivity index (χ3v) is 5.80. The molecule has 0 aliphatic carbocycles. The number of halogens is 3. The molecule has 9 heteroatoms. The average molecular weight is 445 g/mol. The first-order valence-corrected chi connectivity index (χ1v) is 10.7. The van der Waals surface area contributed by atoms with Gasteiger partial charge in [-0.2, -0.15) is 18.3 Å². The van der Waals surface area contributed by atoms with Crippen LogP contribution in [0.2, 0.25) is 0 Å². The molecule has 0 radical (unpaired) electrons. The molecule has 1 fully saturated rings. The van der Waals surface area contributed by atoms with Crippen LogP contribution < -0.4 is 4.90 Å². The van der Waals surface area contributed by atoms with E-state index in [9.17, 15) is 13.2 Å². The van der Waals surface area contributed by atoms with Gasteiger partial charge in [0.15, 0.2) is 0 Å². The van der Waals surface area contributed by atoms with Crippen LogP contribution in [0.5, 0.6) is 0 Å². The number of aryl methyl sites for hydroxylation is 1. The second kappa shape index (κ2) is 8.90. The maximum absolute atomic E-state index is 13.1. The fraction of sp³-hybridized carbons (Fsp3) is 0.435. The van der Waals surface area contributed by atoms with Gasteiger partial charge < -0.3 is 4.90 Å². The van der Waals surface area contributed by atoms with Gasteiger partial charge in [0.1, 0.15) is 0 Å². The highest BCUT2D eigenvalue weighted by atomic mass is 19.4. The minimum Gasteiger partial charge on any atom is -0.347 e. The number of piperidine rings is 1. The van der Waals surface area contributed by atoms with Crippen LogP contribution in [0.3, 0.4) is 0 Å². The van der Waals surface area contributed by atoms with E-state index in [0.29, 0.717) is 11.5 Å². The van der Waals surface area contributed by atoms with E-state index in [1.165, 1.54) is 12.1 Å². The highest BCUT2D eigenvalue weighted by Gasteiger charge is 2.31. The van der Waals surface area contributed by atoms with E-state index in [0.717, 1.165) is 61.3 Å². The van der Waals surface area contributed by atoms with Crippen LogP contribution in [0.15, 0.2) is 42.9 Å². The highest BCUT2D eigenvalue weighted by molar-refractivity contribution is 5.67. The van der Waals surface area contributed by atoms with Crippen molar-refractivity contribution in [1.29, 1.82) is 0 Å². The summed E-state index contributed by atoms with van der Waals surface area (Å²) in [5.41, 5.74) is 2.77. The Morgan fingerprint density at radius 1 is 1.09 bits per heavy atom. The Balaban J connectivity index is 1.74. The van der Waals surface area contributed by atoms with Crippen LogP contribution >= 0.6 is 0 Å².